The van der Waals surface area contributed by atoms with Crippen molar-refractivity contribution in [2.75, 3.05) is 6.61 Å². The topological polar surface area (TPSA) is 84.8 Å². The smallest absolute Gasteiger partial charge is 0.272 e. The maximum atomic E-state index is 12.7. The number of benzene rings is 2. The third kappa shape index (κ3) is 3.24. The van der Waals surface area contributed by atoms with Crippen molar-refractivity contribution in [3.63, 3.8) is 0 Å². The van der Waals surface area contributed by atoms with Gasteiger partial charge in [-0.1, -0.05) is 12.1 Å². The Morgan fingerprint density at radius 1 is 1.24 bits per heavy atom. The number of hydrogen-bond donors (Lipinski definition) is 2. The van der Waals surface area contributed by atoms with Crippen LogP contribution in [-0.4, -0.2) is 32.3 Å². The number of H-pyrrole nitrogens is 1. The Morgan fingerprint density at radius 3 is 2.97 bits per heavy atom. The standard InChI is InChI=1S/C22H21N5O2/c1-2-27-9-7-19(26-27)22(28)25-17-8-10-29-21-6-4-14(11-16(17)21)15-3-5-18-20(12-15)24-13-23-18/h3-7,9,11-13,17H,2,8,10H2,1H3,(H,23,24)(H,25,28). The Morgan fingerprint density at radius 2 is 2.10 bits per heavy atom. The number of hydrogen-bond acceptors (Lipinski definition) is 4. The number of amides is 1. The predicted molar refractivity (Wildman–Crippen MR) is 110 cm³/mol. The number of nitrogens with zero attached hydrogens (tertiary/aromatic N) is 3. The Bertz CT molecular complexity index is 1190. The number of carbonyl (C=O) groups excluding carboxylic acids is 1. The first-order valence-electron chi connectivity index (χ1n) is 9.76. The molecule has 146 valence electrons. The maximum absolute atomic E-state index is 12.7. The van der Waals surface area contributed by atoms with Crippen molar-refractivity contribution in [2.45, 2.75) is 25.9 Å². The molecular formula is C22H21N5O2. The maximum Gasteiger partial charge on any atom is 0.272 e. The van der Waals surface area contributed by atoms with Gasteiger partial charge < -0.3 is 15.0 Å². The van der Waals surface area contributed by atoms with Gasteiger partial charge in [0.25, 0.3) is 5.91 Å². The number of carbonyl (C=O) groups is 1. The molecule has 1 aliphatic rings. The number of rotatable bonds is 4. The molecule has 0 bridgehead atoms. The minimum absolute atomic E-state index is 0.117. The molecule has 0 saturated heterocycles. The van der Waals surface area contributed by atoms with Crippen molar-refractivity contribution < 1.29 is 9.53 Å². The van der Waals surface area contributed by atoms with E-state index in [1.165, 1.54) is 0 Å². The molecule has 0 fully saturated rings. The number of imidazole rings is 1. The third-order valence-corrected chi connectivity index (χ3v) is 5.31. The second kappa shape index (κ2) is 7.09. The minimum atomic E-state index is -0.167. The summed E-state index contributed by atoms with van der Waals surface area (Å²) in [6, 6.07) is 13.9. The monoisotopic (exact) mass is 387 g/mol. The van der Waals surface area contributed by atoms with Crippen LogP contribution in [0.1, 0.15) is 35.4 Å². The van der Waals surface area contributed by atoms with Crippen LogP contribution in [0.4, 0.5) is 0 Å². The fourth-order valence-electron chi connectivity index (χ4n) is 3.73. The number of ether oxygens (including phenoxy) is 1. The van der Waals surface area contributed by atoms with Gasteiger partial charge in [-0.2, -0.15) is 5.10 Å². The van der Waals surface area contributed by atoms with Crippen molar-refractivity contribution in [3.8, 4) is 16.9 Å². The summed E-state index contributed by atoms with van der Waals surface area (Å²) in [6.45, 7) is 3.30. The van der Waals surface area contributed by atoms with Crippen molar-refractivity contribution in [3.05, 3.63) is 66.2 Å². The molecule has 2 aromatic carbocycles. The molecule has 7 nitrogen and oxygen atoms in total. The lowest BCUT2D eigenvalue weighted by molar-refractivity contribution is 0.0919. The summed E-state index contributed by atoms with van der Waals surface area (Å²) in [5.74, 6) is 0.645. The van der Waals surface area contributed by atoms with Crippen LogP contribution in [0.2, 0.25) is 0 Å². The van der Waals surface area contributed by atoms with Gasteiger partial charge in [0.2, 0.25) is 0 Å². The zero-order valence-corrected chi connectivity index (χ0v) is 16.1. The van der Waals surface area contributed by atoms with E-state index in [1.54, 1.807) is 17.1 Å². The normalized spacial score (nSPS) is 15.7. The summed E-state index contributed by atoms with van der Waals surface area (Å²) in [5, 5.41) is 7.43. The highest BCUT2D eigenvalue weighted by Crippen LogP contribution is 2.36. The molecule has 5 rings (SSSR count). The average molecular weight is 387 g/mol. The van der Waals surface area contributed by atoms with Crippen molar-refractivity contribution in [2.24, 2.45) is 0 Å². The van der Waals surface area contributed by atoms with Gasteiger partial charge >= 0.3 is 0 Å². The van der Waals surface area contributed by atoms with Crippen LogP contribution >= 0.6 is 0 Å². The molecule has 29 heavy (non-hydrogen) atoms. The van der Waals surface area contributed by atoms with E-state index in [-0.39, 0.29) is 11.9 Å². The van der Waals surface area contributed by atoms with E-state index in [1.807, 2.05) is 31.3 Å². The number of fused-ring (bicyclic) bond motifs is 2. The van der Waals surface area contributed by atoms with Gasteiger partial charge in [-0.25, -0.2) is 4.98 Å². The van der Waals surface area contributed by atoms with Gasteiger partial charge in [0, 0.05) is 24.7 Å². The van der Waals surface area contributed by atoms with Gasteiger partial charge in [0.1, 0.15) is 11.4 Å². The van der Waals surface area contributed by atoms with E-state index in [0.717, 1.165) is 46.4 Å². The van der Waals surface area contributed by atoms with Gasteiger partial charge in [0.15, 0.2) is 0 Å². The number of aromatic amines is 1. The zero-order valence-electron chi connectivity index (χ0n) is 16.1. The zero-order chi connectivity index (χ0) is 19.8. The highest BCUT2D eigenvalue weighted by Gasteiger charge is 2.25. The lowest BCUT2D eigenvalue weighted by Gasteiger charge is -2.27. The molecule has 7 heteroatoms. The summed E-state index contributed by atoms with van der Waals surface area (Å²) in [6.07, 6.45) is 4.23. The molecule has 1 unspecified atom stereocenters. The van der Waals surface area contributed by atoms with Crippen LogP contribution < -0.4 is 10.1 Å². The first kappa shape index (κ1) is 17.5. The van der Waals surface area contributed by atoms with Crippen LogP contribution in [-0.2, 0) is 6.54 Å². The molecule has 0 spiro atoms. The highest BCUT2D eigenvalue weighted by molar-refractivity contribution is 5.92. The largest absolute Gasteiger partial charge is 0.493 e. The van der Waals surface area contributed by atoms with Crippen LogP contribution in [0, 0.1) is 0 Å². The molecule has 3 heterocycles. The second-order valence-electron chi connectivity index (χ2n) is 7.11. The molecular weight excluding hydrogens is 366 g/mol. The highest BCUT2D eigenvalue weighted by atomic mass is 16.5. The summed E-state index contributed by atoms with van der Waals surface area (Å²) in [5.41, 5.74) is 5.50. The third-order valence-electron chi connectivity index (χ3n) is 5.31. The van der Waals surface area contributed by atoms with E-state index in [0.29, 0.717) is 12.3 Å². The lowest BCUT2D eigenvalue weighted by atomic mass is 9.95. The first-order valence-corrected chi connectivity index (χ1v) is 9.76. The average Bonchev–Trinajstić information content (AvgIpc) is 3.42. The van der Waals surface area contributed by atoms with Gasteiger partial charge in [-0.15, -0.1) is 0 Å². The van der Waals surface area contributed by atoms with E-state index in [2.05, 4.69) is 38.6 Å². The first-order chi connectivity index (χ1) is 14.2. The molecule has 4 aromatic rings. The van der Waals surface area contributed by atoms with Crippen LogP contribution in [0.15, 0.2) is 55.0 Å². The van der Waals surface area contributed by atoms with E-state index in [4.69, 9.17) is 4.74 Å². The molecule has 0 aliphatic carbocycles. The Labute approximate surface area is 167 Å². The van der Waals surface area contributed by atoms with Crippen LogP contribution in [0.25, 0.3) is 22.2 Å². The van der Waals surface area contributed by atoms with E-state index >= 15 is 0 Å². The molecule has 2 N–H and O–H groups in total. The predicted octanol–water partition coefficient (Wildman–Crippen LogP) is 3.70. The fraction of sp³-hybridized carbons (Fsp3) is 0.227. The molecule has 1 atom stereocenters. The van der Waals surface area contributed by atoms with Crippen LogP contribution in [0.5, 0.6) is 5.75 Å². The van der Waals surface area contributed by atoms with Gasteiger partial charge in [0.05, 0.1) is 30.0 Å². The van der Waals surface area contributed by atoms with Crippen molar-refractivity contribution >= 4 is 16.9 Å². The fourth-order valence-corrected chi connectivity index (χ4v) is 3.73. The number of nitrogens with one attached hydrogen (secondary N) is 2. The van der Waals surface area contributed by atoms with Gasteiger partial charge in [-0.05, 0) is 48.4 Å². The Balaban J connectivity index is 1.45. The Hall–Kier alpha value is -3.61. The van der Waals surface area contributed by atoms with E-state index < -0.39 is 0 Å². The van der Waals surface area contributed by atoms with Crippen molar-refractivity contribution in [1.29, 1.82) is 0 Å². The summed E-state index contributed by atoms with van der Waals surface area (Å²) >= 11 is 0. The quantitative estimate of drug-likeness (QED) is 0.559. The minimum Gasteiger partial charge on any atom is -0.493 e. The summed E-state index contributed by atoms with van der Waals surface area (Å²) < 4.78 is 7.57. The SMILES string of the molecule is CCn1ccc(C(=O)NC2CCOc3ccc(-c4ccc5nc[nH]c5c4)cc32)n1. The lowest BCUT2D eigenvalue weighted by Crippen LogP contribution is -2.32. The molecule has 0 saturated carbocycles. The molecule has 1 aliphatic heterocycles. The summed E-state index contributed by atoms with van der Waals surface area (Å²) in [4.78, 5) is 20.1. The van der Waals surface area contributed by atoms with Gasteiger partial charge in [-0.3, -0.25) is 9.48 Å². The van der Waals surface area contributed by atoms with E-state index in [9.17, 15) is 4.79 Å². The van der Waals surface area contributed by atoms with Crippen LogP contribution in [0.3, 0.4) is 0 Å². The summed E-state index contributed by atoms with van der Waals surface area (Å²) in [7, 11) is 0. The Kier molecular flexibility index (Phi) is 4.27. The number of aryl methyl sites for hydroxylation is 1. The molecule has 0 radical (unpaired) electrons. The molecule has 2 aromatic heterocycles. The number of aromatic nitrogens is 4. The molecule has 1 amide bonds. The van der Waals surface area contributed by atoms with Crippen molar-refractivity contribution in [1.82, 2.24) is 25.1 Å². The second-order valence-corrected chi connectivity index (χ2v) is 7.11.